The minimum absolute atomic E-state index is 0. The Kier molecular flexibility index (Phi) is 9.32. The number of piperazine rings is 1. The summed E-state index contributed by atoms with van der Waals surface area (Å²) in [5.74, 6) is -0.252. The van der Waals surface area contributed by atoms with Crippen LogP contribution < -0.4 is 10.1 Å². The second kappa shape index (κ2) is 9.83. The smallest absolute Gasteiger partial charge is 0.406 e. The van der Waals surface area contributed by atoms with Crippen molar-refractivity contribution in [3.8, 4) is 11.8 Å². The molecule has 0 bridgehead atoms. The van der Waals surface area contributed by atoms with Crippen LogP contribution in [0.4, 0.5) is 13.2 Å². The number of hydrogen-bond donors (Lipinski definition) is 1. The SMILES string of the molecule is Cl.Cl.N#CC[C@@H](c1cccc(OC(F)(F)F)c1)N1CCNCC1. The summed E-state index contributed by atoms with van der Waals surface area (Å²) < 4.78 is 40.8. The molecule has 1 aromatic rings. The van der Waals surface area contributed by atoms with Crippen LogP contribution in [0.15, 0.2) is 24.3 Å². The number of alkyl halides is 3. The second-order valence-corrected chi connectivity index (χ2v) is 4.78. The molecule has 1 aliphatic heterocycles. The van der Waals surface area contributed by atoms with Crippen molar-refractivity contribution in [1.29, 1.82) is 5.26 Å². The van der Waals surface area contributed by atoms with E-state index in [1.807, 2.05) is 0 Å². The minimum Gasteiger partial charge on any atom is -0.406 e. The van der Waals surface area contributed by atoms with Crippen molar-refractivity contribution in [3.63, 3.8) is 0 Å². The van der Waals surface area contributed by atoms with Gasteiger partial charge in [0, 0.05) is 32.2 Å². The van der Waals surface area contributed by atoms with Crippen LogP contribution in [-0.2, 0) is 0 Å². The molecule has 1 atom stereocenters. The number of hydrogen-bond acceptors (Lipinski definition) is 4. The number of rotatable bonds is 4. The number of nitrogens with zero attached hydrogens (tertiary/aromatic N) is 2. The number of halogens is 5. The standard InChI is InChI=1S/C14H16F3N3O.2ClH/c15-14(16,17)21-12-3-1-2-11(10-12)13(4-5-18)20-8-6-19-7-9-20;;/h1-3,10,13,19H,4,6-9H2;2*1H/t13-;;/m0../s1. The molecule has 1 heterocycles. The fraction of sp³-hybridized carbons (Fsp3) is 0.500. The van der Waals surface area contributed by atoms with Crippen molar-refractivity contribution in [2.24, 2.45) is 0 Å². The van der Waals surface area contributed by atoms with Crippen LogP contribution in [0, 0.1) is 11.3 Å². The van der Waals surface area contributed by atoms with Gasteiger partial charge in [-0.05, 0) is 17.7 Å². The molecule has 1 N–H and O–H groups in total. The first-order chi connectivity index (χ1) is 9.99. The quantitative estimate of drug-likeness (QED) is 0.881. The molecule has 4 nitrogen and oxygen atoms in total. The Bertz CT molecular complexity index is 517. The topological polar surface area (TPSA) is 48.3 Å². The fourth-order valence-electron chi connectivity index (χ4n) is 2.46. The summed E-state index contributed by atoms with van der Waals surface area (Å²) in [6, 6.07) is 7.76. The second-order valence-electron chi connectivity index (χ2n) is 4.78. The predicted molar refractivity (Wildman–Crippen MR) is 85.0 cm³/mol. The molecule has 1 saturated heterocycles. The third-order valence-corrected chi connectivity index (χ3v) is 3.35. The summed E-state index contributed by atoms with van der Waals surface area (Å²) in [6.07, 6.45) is -4.48. The predicted octanol–water partition coefficient (Wildman–Crippen LogP) is 3.29. The third kappa shape index (κ3) is 6.83. The molecule has 1 aromatic carbocycles. The van der Waals surface area contributed by atoms with Gasteiger partial charge in [-0.2, -0.15) is 5.26 Å². The van der Waals surface area contributed by atoms with Gasteiger partial charge in [-0.3, -0.25) is 4.90 Å². The Morgan fingerprint density at radius 3 is 2.48 bits per heavy atom. The molecular weight excluding hydrogens is 354 g/mol. The first kappa shape index (κ1) is 21.8. The van der Waals surface area contributed by atoms with Gasteiger partial charge in [0.25, 0.3) is 0 Å². The number of benzene rings is 1. The van der Waals surface area contributed by atoms with Crippen molar-refractivity contribution in [1.82, 2.24) is 10.2 Å². The molecule has 0 radical (unpaired) electrons. The van der Waals surface area contributed by atoms with Gasteiger partial charge in [0.1, 0.15) is 5.75 Å². The number of nitrogens with one attached hydrogen (secondary N) is 1. The van der Waals surface area contributed by atoms with E-state index in [4.69, 9.17) is 5.26 Å². The van der Waals surface area contributed by atoms with Crippen molar-refractivity contribution in [3.05, 3.63) is 29.8 Å². The average molecular weight is 372 g/mol. The monoisotopic (exact) mass is 371 g/mol. The molecule has 0 spiro atoms. The highest BCUT2D eigenvalue weighted by Gasteiger charge is 2.31. The van der Waals surface area contributed by atoms with Gasteiger partial charge in [0.05, 0.1) is 12.5 Å². The van der Waals surface area contributed by atoms with Crippen LogP contribution in [0.3, 0.4) is 0 Å². The van der Waals surface area contributed by atoms with Crippen molar-refractivity contribution in [2.75, 3.05) is 26.2 Å². The zero-order chi connectivity index (χ0) is 15.3. The van der Waals surface area contributed by atoms with Crippen LogP contribution in [0.2, 0.25) is 0 Å². The van der Waals surface area contributed by atoms with E-state index in [1.165, 1.54) is 18.2 Å². The maximum absolute atomic E-state index is 12.3. The summed E-state index contributed by atoms with van der Waals surface area (Å²) in [4.78, 5) is 2.10. The third-order valence-electron chi connectivity index (χ3n) is 3.35. The van der Waals surface area contributed by atoms with E-state index < -0.39 is 6.36 Å². The maximum atomic E-state index is 12.3. The van der Waals surface area contributed by atoms with E-state index in [1.54, 1.807) is 6.07 Å². The van der Waals surface area contributed by atoms with Crippen LogP contribution in [0.1, 0.15) is 18.0 Å². The molecule has 0 aliphatic carbocycles. The summed E-state index contributed by atoms with van der Waals surface area (Å²) in [7, 11) is 0. The molecule has 23 heavy (non-hydrogen) atoms. The van der Waals surface area contributed by atoms with Gasteiger partial charge in [0.2, 0.25) is 0 Å². The molecule has 1 aliphatic rings. The summed E-state index contributed by atoms with van der Waals surface area (Å²) in [5, 5.41) is 12.2. The van der Waals surface area contributed by atoms with E-state index in [-0.39, 0.29) is 43.0 Å². The molecular formula is C14H18Cl2F3N3O. The Balaban J connectivity index is 0.00000242. The van der Waals surface area contributed by atoms with Crippen LogP contribution in [0.5, 0.6) is 5.75 Å². The zero-order valence-corrected chi connectivity index (χ0v) is 13.8. The Morgan fingerprint density at radius 1 is 1.26 bits per heavy atom. The van der Waals surface area contributed by atoms with E-state index in [2.05, 4.69) is 21.0 Å². The number of ether oxygens (including phenoxy) is 1. The van der Waals surface area contributed by atoms with E-state index >= 15 is 0 Å². The largest absolute Gasteiger partial charge is 0.573 e. The zero-order valence-electron chi connectivity index (χ0n) is 12.2. The molecule has 1 fully saturated rings. The van der Waals surface area contributed by atoms with Crippen molar-refractivity contribution in [2.45, 2.75) is 18.8 Å². The molecule has 130 valence electrons. The van der Waals surface area contributed by atoms with Gasteiger partial charge in [-0.25, -0.2) is 0 Å². The lowest BCUT2D eigenvalue weighted by Gasteiger charge is -2.34. The van der Waals surface area contributed by atoms with E-state index in [9.17, 15) is 13.2 Å². The van der Waals surface area contributed by atoms with Crippen LogP contribution >= 0.6 is 24.8 Å². The van der Waals surface area contributed by atoms with Crippen molar-refractivity contribution < 1.29 is 17.9 Å². The molecule has 0 saturated carbocycles. The van der Waals surface area contributed by atoms with Gasteiger partial charge < -0.3 is 10.1 Å². The lowest BCUT2D eigenvalue weighted by Crippen LogP contribution is -2.45. The average Bonchev–Trinajstić information content (AvgIpc) is 2.44. The Morgan fingerprint density at radius 2 is 1.91 bits per heavy atom. The van der Waals surface area contributed by atoms with E-state index in [0.29, 0.717) is 5.56 Å². The normalized spacial score (nSPS) is 16.4. The Hall–Kier alpha value is -1.20. The van der Waals surface area contributed by atoms with Crippen molar-refractivity contribution >= 4 is 24.8 Å². The number of nitriles is 1. The highest BCUT2D eigenvalue weighted by atomic mass is 35.5. The summed E-state index contributed by atoms with van der Waals surface area (Å²) in [6.45, 7) is 3.13. The van der Waals surface area contributed by atoms with Crippen LogP contribution in [0.25, 0.3) is 0 Å². The van der Waals surface area contributed by atoms with Gasteiger partial charge in [-0.1, -0.05) is 12.1 Å². The highest BCUT2D eigenvalue weighted by molar-refractivity contribution is 5.85. The molecule has 0 unspecified atom stereocenters. The maximum Gasteiger partial charge on any atom is 0.573 e. The summed E-state index contributed by atoms with van der Waals surface area (Å²) in [5.41, 5.74) is 0.667. The van der Waals surface area contributed by atoms with Gasteiger partial charge >= 0.3 is 6.36 Å². The van der Waals surface area contributed by atoms with Gasteiger partial charge in [0.15, 0.2) is 0 Å². The Labute approximate surface area is 145 Å². The first-order valence-electron chi connectivity index (χ1n) is 6.67. The minimum atomic E-state index is -4.71. The summed E-state index contributed by atoms with van der Waals surface area (Å²) >= 11 is 0. The first-order valence-corrected chi connectivity index (χ1v) is 6.67. The van der Waals surface area contributed by atoms with Gasteiger partial charge in [-0.15, -0.1) is 38.0 Å². The molecule has 0 aromatic heterocycles. The molecule has 0 amide bonds. The lowest BCUT2D eigenvalue weighted by molar-refractivity contribution is -0.274. The fourth-order valence-corrected chi connectivity index (χ4v) is 2.46. The van der Waals surface area contributed by atoms with Crippen LogP contribution in [-0.4, -0.2) is 37.4 Å². The highest BCUT2D eigenvalue weighted by Crippen LogP contribution is 2.29. The lowest BCUT2D eigenvalue weighted by atomic mass is 10.0. The molecule has 2 rings (SSSR count). The molecule has 9 heteroatoms. The van der Waals surface area contributed by atoms with E-state index in [0.717, 1.165) is 26.2 Å².